The molecule has 32 heavy (non-hydrogen) atoms. The molecule has 1 heterocycles. The van der Waals surface area contributed by atoms with Crippen LogP contribution in [-0.4, -0.2) is 35.3 Å². The summed E-state index contributed by atoms with van der Waals surface area (Å²) in [6.45, 7) is 0. The molecule has 10 heteroatoms. The Balaban J connectivity index is 1.23. The Labute approximate surface area is 188 Å². The summed E-state index contributed by atoms with van der Waals surface area (Å²) >= 11 is 1.36. The molecule has 1 amide bonds. The smallest absolute Gasteiger partial charge is 0.238 e. The van der Waals surface area contributed by atoms with Gasteiger partial charge in [-0.2, -0.15) is 0 Å². The minimum atomic E-state index is -3.76. The highest BCUT2D eigenvalue weighted by Crippen LogP contribution is 2.44. The number of hydrogen-bond donors (Lipinski definition) is 2. The number of sulfonamides is 1. The summed E-state index contributed by atoms with van der Waals surface area (Å²) < 4.78 is 22.6. The number of amides is 1. The average molecular weight is 464 g/mol. The lowest BCUT2D eigenvalue weighted by molar-refractivity contribution is -0.115. The number of fused-ring (bicyclic) bond motifs is 3. The molecule has 0 bridgehead atoms. The molecule has 0 radical (unpaired) electrons. The van der Waals surface area contributed by atoms with Crippen LogP contribution < -0.4 is 10.5 Å². The molecular weight excluding hydrogens is 446 g/mol. The Morgan fingerprint density at radius 2 is 1.62 bits per heavy atom. The van der Waals surface area contributed by atoms with Crippen LogP contribution in [0.4, 0.5) is 5.69 Å². The van der Waals surface area contributed by atoms with Gasteiger partial charge >= 0.3 is 0 Å². The number of rotatable bonds is 6. The van der Waals surface area contributed by atoms with E-state index < -0.39 is 10.0 Å². The topological polar surface area (TPSA) is 128 Å². The molecule has 0 spiro atoms. The number of nitrogens with zero attached hydrogens (tertiary/aromatic N) is 3. The number of anilines is 1. The van der Waals surface area contributed by atoms with Crippen LogP contribution in [-0.2, 0) is 14.8 Å². The highest BCUT2D eigenvalue weighted by atomic mass is 32.2. The van der Waals surface area contributed by atoms with Crippen LogP contribution in [0.5, 0.6) is 0 Å². The van der Waals surface area contributed by atoms with Crippen LogP contribution in [0.3, 0.4) is 0 Å². The second-order valence-corrected chi connectivity index (χ2v) is 9.84. The molecule has 0 saturated carbocycles. The Morgan fingerprint density at radius 3 is 2.31 bits per heavy atom. The lowest BCUT2D eigenvalue weighted by Crippen LogP contribution is -2.14. The Hall–Kier alpha value is -3.34. The number of primary sulfonamides is 1. The Kier molecular flexibility index (Phi) is 5.12. The zero-order valence-electron chi connectivity index (χ0n) is 16.6. The largest absolute Gasteiger partial charge is 0.326 e. The maximum absolute atomic E-state index is 12.2. The summed E-state index contributed by atoms with van der Waals surface area (Å²) in [5.74, 6) is 0.269. The summed E-state index contributed by atoms with van der Waals surface area (Å²) in [5, 5.41) is 19.2. The van der Waals surface area contributed by atoms with Crippen LogP contribution in [0.2, 0.25) is 0 Å². The number of carbonyl (C=O) groups excluding carboxylic acids is 1. The van der Waals surface area contributed by atoms with Crippen LogP contribution in [0, 0.1) is 0 Å². The number of hydrogen-bond acceptors (Lipinski definition) is 7. The molecule has 4 aromatic rings. The summed E-state index contributed by atoms with van der Waals surface area (Å²) in [6.07, 6.45) is 0.234. The highest BCUT2D eigenvalue weighted by molar-refractivity contribution is 7.99. The van der Waals surface area contributed by atoms with Gasteiger partial charge in [0.1, 0.15) is 11.4 Å². The van der Waals surface area contributed by atoms with Gasteiger partial charge in [0.05, 0.1) is 4.90 Å². The van der Waals surface area contributed by atoms with Crippen LogP contribution in [0.1, 0.15) is 6.42 Å². The first kappa shape index (κ1) is 20.6. The van der Waals surface area contributed by atoms with E-state index in [0.29, 0.717) is 16.6 Å². The first-order valence-corrected chi connectivity index (χ1v) is 12.3. The van der Waals surface area contributed by atoms with Crippen molar-refractivity contribution in [2.24, 2.45) is 5.14 Å². The minimum Gasteiger partial charge on any atom is -0.326 e. The fourth-order valence-electron chi connectivity index (χ4n) is 3.66. The van der Waals surface area contributed by atoms with Gasteiger partial charge in [-0.1, -0.05) is 48.2 Å². The van der Waals surface area contributed by atoms with Gasteiger partial charge in [-0.25, -0.2) is 18.5 Å². The van der Waals surface area contributed by atoms with E-state index in [2.05, 4.69) is 27.6 Å². The molecule has 160 valence electrons. The van der Waals surface area contributed by atoms with E-state index in [1.54, 1.807) is 0 Å². The van der Waals surface area contributed by atoms with Crippen molar-refractivity contribution in [3.05, 3.63) is 60.7 Å². The molecule has 3 N–H and O–H groups in total. The third kappa shape index (κ3) is 3.83. The van der Waals surface area contributed by atoms with E-state index >= 15 is 0 Å². The van der Waals surface area contributed by atoms with Crippen molar-refractivity contribution in [3.63, 3.8) is 0 Å². The second kappa shape index (κ2) is 7.97. The number of aromatic nitrogens is 3. The molecule has 1 aliphatic carbocycles. The predicted octanol–water partition coefficient (Wildman–Crippen LogP) is 3.44. The summed E-state index contributed by atoms with van der Waals surface area (Å²) in [5.41, 5.74) is 4.17. The van der Waals surface area contributed by atoms with Crippen molar-refractivity contribution in [1.82, 2.24) is 15.2 Å². The van der Waals surface area contributed by atoms with Gasteiger partial charge in [-0.3, -0.25) is 4.79 Å². The number of carbonyl (C=O) groups is 1. The number of nitrogens with one attached hydrogen (secondary N) is 1. The first-order valence-electron chi connectivity index (χ1n) is 9.73. The normalized spacial score (nSPS) is 12.0. The van der Waals surface area contributed by atoms with Crippen molar-refractivity contribution in [1.29, 1.82) is 0 Å². The quantitative estimate of drug-likeness (QED) is 0.369. The Morgan fingerprint density at radius 1 is 0.938 bits per heavy atom. The molecule has 1 aliphatic rings. The zero-order chi connectivity index (χ0) is 22.3. The predicted molar refractivity (Wildman–Crippen MR) is 124 cm³/mol. The molecule has 0 aliphatic heterocycles. The highest BCUT2D eigenvalue weighted by Gasteiger charge is 2.24. The van der Waals surface area contributed by atoms with Gasteiger partial charge in [-0.05, 0) is 29.7 Å². The van der Waals surface area contributed by atoms with E-state index in [-0.39, 0.29) is 17.2 Å². The molecule has 0 unspecified atom stereocenters. The van der Waals surface area contributed by atoms with Gasteiger partial charge in [0.25, 0.3) is 0 Å². The third-order valence-electron chi connectivity index (χ3n) is 5.11. The van der Waals surface area contributed by atoms with Crippen molar-refractivity contribution >= 4 is 44.2 Å². The van der Waals surface area contributed by atoms with Crippen molar-refractivity contribution in [2.75, 3.05) is 11.1 Å². The number of nitrogens with two attached hydrogens (primary N) is 1. The lowest BCUT2D eigenvalue weighted by Gasteiger charge is -2.06. The number of thioether (sulfide) groups is 1. The second-order valence-electron chi connectivity index (χ2n) is 7.22. The monoisotopic (exact) mass is 463 g/mol. The van der Waals surface area contributed by atoms with Crippen molar-refractivity contribution in [3.8, 4) is 22.5 Å². The first-order chi connectivity index (χ1) is 15.4. The summed E-state index contributed by atoms with van der Waals surface area (Å²) in [7, 11) is -3.76. The van der Waals surface area contributed by atoms with E-state index in [4.69, 9.17) is 10.1 Å². The number of benzene rings is 3. The van der Waals surface area contributed by atoms with E-state index in [1.165, 1.54) is 36.0 Å². The van der Waals surface area contributed by atoms with Gasteiger partial charge in [-0.15, -0.1) is 10.2 Å². The van der Waals surface area contributed by atoms with E-state index in [9.17, 15) is 13.2 Å². The third-order valence-corrected chi connectivity index (χ3v) is 6.88. The molecule has 0 fully saturated rings. The molecule has 8 nitrogen and oxygen atoms in total. The molecule has 3 aromatic carbocycles. The standard InChI is InChI=1S/C22H17N5O3S2/c23-32(29,30)15-9-7-14(8-10-15)24-18(28)11-12-31-22-25-20-16-5-1-3-13-4-2-6-17(19(13)16)21(20)26-27-22/h1-10H,11-12H2,(H,24,28)(H2,23,29,30). The van der Waals surface area contributed by atoms with Crippen LogP contribution >= 0.6 is 11.8 Å². The van der Waals surface area contributed by atoms with Crippen molar-refractivity contribution < 1.29 is 13.2 Å². The maximum Gasteiger partial charge on any atom is 0.238 e. The zero-order valence-corrected chi connectivity index (χ0v) is 18.3. The fraction of sp³-hybridized carbons (Fsp3) is 0.0909. The molecular formula is C22H17N5O3S2. The fourth-order valence-corrected chi connectivity index (χ4v) is 4.90. The van der Waals surface area contributed by atoms with Gasteiger partial charge in [0.2, 0.25) is 21.1 Å². The SMILES string of the molecule is NS(=O)(=O)c1ccc(NC(=O)CCSc2nnc3c(n2)-c2cccc4cccc-3c24)cc1. The molecule has 0 saturated heterocycles. The minimum absolute atomic E-state index is 0.00912. The van der Waals surface area contributed by atoms with Crippen LogP contribution in [0.25, 0.3) is 33.3 Å². The maximum atomic E-state index is 12.2. The van der Waals surface area contributed by atoms with Crippen LogP contribution in [0.15, 0.2) is 70.7 Å². The summed E-state index contributed by atoms with van der Waals surface area (Å²) in [6, 6.07) is 17.9. The average Bonchev–Trinajstić information content (AvgIpc) is 3.09. The molecule has 5 rings (SSSR count). The lowest BCUT2D eigenvalue weighted by atomic mass is 10.0. The summed E-state index contributed by atoms with van der Waals surface area (Å²) in [4.78, 5) is 16.9. The van der Waals surface area contributed by atoms with Gasteiger partial charge < -0.3 is 5.32 Å². The van der Waals surface area contributed by atoms with E-state index in [0.717, 1.165) is 33.3 Å². The molecule has 1 aromatic heterocycles. The van der Waals surface area contributed by atoms with Crippen molar-refractivity contribution in [2.45, 2.75) is 16.5 Å². The van der Waals surface area contributed by atoms with E-state index in [1.807, 2.05) is 24.3 Å². The van der Waals surface area contributed by atoms with Gasteiger partial charge in [0.15, 0.2) is 0 Å². The Bertz CT molecular complexity index is 1470. The van der Waals surface area contributed by atoms with Gasteiger partial charge in [0, 0.05) is 34.4 Å². The molecule has 0 atom stereocenters.